The quantitative estimate of drug-likeness (QED) is 0.775. The third-order valence-electron chi connectivity index (χ3n) is 4.36. The van der Waals surface area contributed by atoms with Gasteiger partial charge < -0.3 is 5.32 Å². The van der Waals surface area contributed by atoms with Crippen LogP contribution in [0.2, 0.25) is 0 Å². The summed E-state index contributed by atoms with van der Waals surface area (Å²) in [5.41, 5.74) is 0. The molecule has 5 nitrogen and oxygen atoms in total. The molecular formula is C16H30N4O. The Morgan fingerprint density at radius 2 is 1.76 bits per heavy atom. The van der Waals surface area contributed by atoms with Crippen molar-refractivity contribution in [1.29, 1.82) is 5.26 Å². The predicted molar refractivity (Wildman–Crippen MR) is 84.8 cm³/mol. The van der Waals surface area contributed by atoms with Crippen LogP contribution in [0, 0.1) is 11.3 Å². The van der Waals surface area contributed by atoms with Gasteiger partial charge in [-0.05, 0) is 26.7 Å². The monoisotopic (exact) mass is 294 g/mol. The molecule has 0 aromatic rings. The number of rotatable bonds is 7. The van der Waals surface area contributed by atoms with Gasteiger partial charge >= 0.3 is 0 Å². The second-order valence-electron chi connectivity index (χ2n) is 6.00. The van der Waals surface area contributed by atoms with E-state index in [1.807, 2.05) is 13.8 Å². The summed E-state index contributed by atoms with van der Waals surface area (Å²) in [5.74, 6) is 0.122. The number of hydrogen-bond acceptors (Lipinski definition) is 4. The van der Waals surface area contributed by atoms with Crippen LogP contribution in [0.1, 0.15) is 47.0 Å². The van der Waals surface area contributed by atoms with E-state index >= 15 is 0 Å². The predicted octanol–water partition coefficient (Wildman–Crippen LogP) is 1.60. The van der Waals surface area contributed by atoms with Crippen molar-refractivity contribution < 1.29 is 4.79 Å². The van der Waals surface area contributed by atoms with Gasteiger partial charge in [-0.25, -0.2) is 0 Å². The summed E-state index contributed by atoms with van der Waals surface area (Å²) in [6.07, 6.45) is 2.97. The van der Waals surface area contributed by atoms with Crippen molar-refractivity contribution in [2.45, 2.75) is 65.1 Å². The second kappa shape index (κ2) is 9.01. The van der Waals surface area contributed by atoms with Crippen molar-refractivity contribution in [3.63, 3.8) is 0 Å². The summed E-state index contributed by atoms with van der Waals surface area (Å²) in [6.45, 7) is 11.7. The van der Waals surface area contributed by atoms with E-state index in [0.717, 1.165) is 45.4 Å². The summed E-state index contributed by atoms with van der Waals surface area (Å²) in [4.78, 5) is 16.7. The van der Waals surface area contributed by atoms with Gasteiger partial charge in [0.25, 0.3) is 0 Å². The third kappa shape index (κ3) is 5.29. The van der Waals surface area contributed by atoms with Crippen LogP contribution in [0.4, 0.5) is 0 Å². The largest absolute Gasteiger partial charge is 0.352 e. The molecule has 1 fully saturated rings. The van der Waals surface area contributed by atoms with E-state index in [-0.39, 0.29) is 24.0 Å². The minimum absolute atomic E-state index is 0.0147. The lowest BCUT2D eigenvalue weighted by Gasteiger charge is -2.39. The molecule has 1 rings (SSSR count). The highest BCUT2D eigenvalue weighted by Crippen LogP contribution is 2.11. The smallest absolute Gasteiger partial charge is 0.237 e. The molecule has 1 amide bonds. The van der Waals surface area contributed by atoms with E-state index in [1.165, 1.54) is 0 Å². The van der Waals surface area contributed by atoms with Crippen LogP contribution in [0.25, 0.3) is 0 Å². The maximum atomic E-state index is 12.2. The van der Waals surface area contributed by atoms with E-state index in [9.17, 15) is 4.79 Å². The molecule has 1 aliphatic rings. The van der Waals surface area contributed by atoms with E-state index in [0.29, 0.717) is 0 Å². The van der Waals surface area contributed by atoms with Gasteiger partial charge in [0, 0.05) is 32.2 Å². The number of carbonyl (C=O) groups is 1. The van der Waals surface area contributed by atoms with Crippen LogP contribution in [0.15, 0.2) is 0 Å². The second-order valence-corrected chi connectivity index (χ2v) is 6.00. The van der Waals surface area contributed by atoms with Crippen LogP contribution in [-0.2, 0) is 4.79 Å². The van der Waals surface area contributed by atoms with Crippen molar-refractivity contribution >= 4 is 5.91 Å². The number of piperazine rings is 1. The lowest BCUT2D eigenvalue weighted by Crippen LogP contribution is -2.56. The molecule has 0 radical (unpaired) electrons. The highest BCUT2D eigenvalue weighted by atomic mass is 16.2. The first-order chi connectivity index (χ1) is 10.0. The van der Waals surface area contributed by atoms with Gasteiger partial charge in [0.1, 0.15) is 0 Å². The van der Waals surface area contributed by atoms with Crippen molar-refractivity contribution in [3.05, 3.63) is 0 Å². The van der Waals surface area contributed by atoms with Crippen LogP contribution in [0.5, 0.6) is 0 Å². The van der Waals surface area contributed by atoms with Gasteiger partial charge in [0.05, 0.1) is 18.2 Å². The standard InChI is InChI=1S/C16H30N4O/c1-5-7-13(3)18-16(21)14(4)19-8-10-20(11-9-19)15(6-2)12-17/h13-15H,5-11H2,1-4H3,(H,18,21). The number of carbonyl (C=O) groups excluding carboxylic acids is 1. The first-order valence-electron chi connectivity index (χ1n) is 8.21. The molecule has 3 atom stereocenters. The molecule has 21 heavy (non-hydrogen) atoms. The summed E-state index contributed by atoms with van der Waals surface area (Å²) < 4.78 is 0. The van der Waals surface area contributed by atoms with Gasteiger partial charge in [-0.2, -0.15) is 5.26 Å². The van der Waals surface area contributed by atoms with Gasteiger partial charge in [-0.3, -0.25) is 14.6 Å². The van der Waals surface area contributed by atoms with E-state index in [1.54, 1.807) is 0 Å². The van der Waals surface area contributed by atoms with E-state index in [2.05, 4.69) is 35.0 Å². The molecule has 1 aliphatic heterocycles. The van der Waals surface area contributed by atoms with Crippen molar-refractivity contribution in [2.75, 3.05) is 26.2 Å². The summed E-state index contributed by atoms with van der Waals surface area (Å²) in [7, 11) is 0. The molecule has 3 unspecified atom stereocenters. The Bertz CT molecular complexity index is 358. The average Bonchev–Trinajstić information content (AvgIpc) is 2.48. The molecule has 1 heterocycles. The lowest BCUT2D eigenvalue weighted by atomic mass is 10.1. The maximum absolute atomic E-state index is 12.2. The minimum Gasteiger partial charge on any atom is -0.352 e. The number of nitrogens with one attached hydrogen (secondary N) is 1. The average molecular weight is 294 g/mol. The first-order valence-corrected chi connectivity index (χ1v) is 8.21. The highest BCUT2D eigenvalue weighted by molar-refractivity contribution is 5.81. The van der Waals surface area contributed by atoms with Crippen LogP contribution in [0.3, 0.4) is 0 Å². The Morgan fingerprint density at radius 1 is 1.19 bits per heavy atom. The Morgan fingerprint density at radius 3 is 2.24 bits per heavy atom. The van der Waals surface area contributed by atoms with Gasteiger partial charge in [-0.1, -0.05) is 20.3 Å². The fourth-order valence-corrected chi connectivity index (χ4v) is 2.90. The van der Waals surface area contributed by atoms with E-state index < -0.39 is 0 Å². The zero-order chi connectivity index (χ0) is 15.8. The number of nitrogens with zero attached hydrogens (tertiary/aromatic N) is 3. The maximum Gasteiger partial charge on any atom is 0.237 e. The summed E-state index contributed by atoms with van der Waals surface area (Å²) >= 11 is 0. The number of amides is 1. The Balaban J connectivity index is 2.42. The molecular weight excluding hydrogens is 264 g/mol. The Labute approximate surface area is 129 Å². The first kappa shape index (κ1) is 17.9. The fraction of sp³-hybridized carbons (Fsp3) is 0.875. The molecule has 1 N–H and O–H groups in total. The van der Waals surface area contributed by atoms with Crippen molar-refractivity contribution in [1.82, 2.24) is 15.1 Å². The van der Waals surface area contributed by atoms with E-state index in [4.69, 9.17) is 5.26 Å². The Hall–Kier alpha value is -1.12. The van der Waals surface area contributed by atoms with Gasteiger partial charge in [0.15, 0.2) is 0 Å². The van der Waals surface area contributed by atoms with Crippen LogP contribution >= 0.6 is 0 Å². The summed E-state index contributed by atoms with van der Waals surface area (Å²) in [6, 6.07) is 2.53. The van der Waals surface area contributed by atoms with Crippen molar-refractivity contribution in [3.8, 4) is 6.07 Å². The lowest BCUT2D eigenvalue weighted by molar-refractivity contribution is -0.127. The SMILES string of the molecule is CCCC(C)NC(=O)C(C)N1CCN(C(C#N)CC)CC1. The summed E-state index contributed by atoms with van der Waals surface area (Å²) in [5, 5.41) is 12.2. The molecule has 0 saturated carbocycles. The molecule has 5 heteroatoms. The van der Waals surface area contributed by atoms with Crippen LogP contribution < -0.4 is 5.32 Å². The molecule has 0 spiro atoms. The molecule has 1 saturated heterocycles. The highest BCUT2D eigenvalue weighted by Gasteiger charge is 2.28. The zero-order valence-electron chi connectivity index (χ0n) is 13.9. The fourth-order valence-electron chi connectivity index (χ4n) is 2.90. The molecule has 0 aromatic heterocycles. The van der Waals surface area contributed by atoms with Crippen LogP contribution in [-0.4, -0.2) is 60.0 Å². The Kier molecular flexibility index (Phi) is 7.69. The normalized spacial score (nSPS) is 21.3. The topological polar surface area (TPSA) is 59.4 Å². The van der Waals surface area contributed by atoms with Gasteiger partial charge in [-0.15, -0.1) is 0 Å². The number of nitriles is 1. The van der Waals surface area contributed by atoms with Crippen molar-refractivity contribution in [2.24, 2.45) is 0 Å². The molecule has 0 bridgehead atoms. The number of hydrogen-bond donors (Lipinski definition) is 1. The minimum atomic E-state index is -0.0892. The molecule has 120 valence electrons. The molecule has 0 aromatic carbocycles. The van der Waals surface area contributed by atoms with Gasteiger partial charge in [0.2, 0.25) is 5.91 Å². The zero-order valence-corrected chi connectivity index (χ0v) is 13.9. The third-order valence-corrected chi connectivity index (χ3v) is 4.36. The molecule has 0 aliphatic carbocycles.